The van der Waals surface area contributed by atoms with Crippen molar-refractivity contribution in [3.63, 3.8) is 0 Å². The van der Waals surface area contributed by atoms with Crippen LogP contribution in [0.2, 0.25) is 0 Å². The minimum Gasteiger partial charge on any atom is -0.455 e. The van der Waals surface area contributed by atoms with Crippen molar-refractivity contribution in [2.45, 2.75) is 38.6 Å². The maximum Gasteiger partial charge on any atom is 0.310 e. The highest BCUT2D eigenvalue weighted by atomic mass is 32.1. The highest BCUT2D eigenvalue weighted by Crippen LogP contribution is 2.56. The third kappa shape index (κ3) is 3.32. The molecule has 4 bridgehead atoms. The van der Waals surface area contributed by atoms with Gasteiger partial charge in [-0.3, -0.25) is 9.59 Å². The molecule has 1 aromatic carbocycles. The molecule has 5 nitrogen and oxygen atoms in total. The first-order valence-corrected chi connectivity index (χ1v) is 11.1. The van der Waals surface area contributed by atoms with Gasteiger partial charge in [-0.25, -0.2) is 4.98 Å². The van der Waals surface area contributed by atoms with Crippen LogP contribution in [0.5, 0.6) is 0 Å². The molecule has 0 atom stereocenters. The zero-order valence-corrected chi connectivity index (χ0v) is 17.0. The number of para-hydroxylation sites is 1. The van der Waals surface area contributed by atoms with Crippen molar-refractivity contribution in [3.8, 4) is 0 Å². The maximum atomic E-state index is 12.7. The molecular weight excluding hydrogens is 372 g/mol. The van der Waals surface area contributed by atoms with Gasteiger partial charge in [-0.1, -0.05) is 12.1 Å². The number of carbonyl (C=O) groups excluding carboxylic acids is 2. The van der Waals surface area contributed by atoms with Crippen LogP contribution in [0.3, 0.4) is 0 Å². The summed E-state index contributed by atoms with van der Waals surface area (Å²) in [6.45, 7) is 0.275. The Labute approximate surface area is 169 Å². The van der Waals surface area contributed by atoms with Gasteiger partial charge in [0.25, 0.3) is 5.91 Å². The van der Waals surface area contributed by atoms with Crippen molar-refractivity contribution in [1.82, 2.24) is 9.88 Å². The fourth-order valence-corrected chi connectivity index (χ4v) is 6.95. The number of thiazole rings is 1. The lowest BCUT2D eigenvalue weighted by Gasteiger charge is -2.53. The van der Waals surface area contributed by atoms with E-state index >= 15 is 0 Å². The molecule has 1 heterocycles. The Hall–Kier alpha value is -1.95. The van der Waals surface area contributed by atoms with Gasteiger partial charge in [0, 0.05) is 7.05 Å². The third-order valence-corrected chi connectivity index (χ3v) is 7.99. The molecular formula is C22H26N2O3S. The molecule has 0 saturated heterocycles. The first-order valence-electron chi connectivity index (χ1n) is 10.3. The van der Waals surface area contributed by atoms with Crippen LogP contribution in [0.25, 0.3) is 10.2 Å². The van der Waals surface area contributed by atoms with E-state index in [1.807, 2.05) is 24.3 Å². The summed E-state index contributed by atoms with van der Waals surface area (Å²) in [6, 6.07) is 7.96. The number of hydrogen-bond acceptors (Lipinski definition) is 5. The van der Waals surface area contributed by atoms with E-state index in [1.165, 1.54) is 32.1 Å². The van der Waals surface area contributed by atoms with E-state index in [1.54, 1.807) is 23.3 Å². The van der Waals surface area contributed by atoms with E-state index in [0.717, 1.165) is 27.1 Å². The van der Waals surface area contributed by atoms with Crippen molar-refractivity contribution >= 4 is 33.4 Å². The van der Waals surface area contributed by atoms with Crippen LogP contribution in [0, 0.1) is 29.6 Å². The summed E-state index contributed by atoms with van der Waals surface area (Å²) in [4.78, 5) is 31.4. The van der Waals surface area contributed by atoms with E-state index in [4.69, 9.17) is 4.74 Å². The summed E-state index contributed by atoms with van der Waals surface area (Å²) in [5.41, 5.74) is 0.955. The summed E-state index contributed by atoms with van der Waals surface area (Å²) >= 11 is 1.59. The second-order valence-electron chi connectivity index (χ2n) is 8.89. The van der Waals surface area contributed by atoms with Gasteiger partial charge < -0.3 is 9.64 Å². The number of nitrogens with zero attached hydrogens (tertiary/aromatic N) is 2. The zero-order chi connectivity index (χ0) is 19.3. The Kier molecular flexibility index (Phi) is 4.62. The lowest BCUT2D eigenvalue weighted by molar-refractivity contribution is -0.166. The standard InChI is InChI=1S/C22H26N2O3S/c1-24(11-19-23-17-4-2-3-5-18(17)28-19)20(25)12-27-22(26)21-15-7-13-6-14(9-15)10-16(21)8-13/h2-5,13-16,21H,6-12H2,1H3. The molecule has 0 aliphatic heterocycles. The highest BCUT2D eigenvalue weighted by molar-refractivity contribution is 7.18. The number of hydrogen-bond donors (Lipinski definition) is 0. The lowest BCUT2D eigenvalue weighted by Crippen LogP contribution is -2.48. The number of amides is 1. The molecule has 1 amide bonds. The largest absolute Gasteiger partial charge is 0.455 e. The first-order chi connectivity index (χ1) is 13.6. The second kappa shape index (κ2) is 7.14. The van der Waals surface area contributed by atoms with E-state index in [-0.39, 0.29) is 24.4 Å². The van der Waals surface area contributed by atoms with Crippen LogP contribution in [0.4, 0.5) is 0 Å². The number of likely N-dealkylation sites (N-methyl/N-ethyl adjacent to an activating group) is 1. The summed E-state index contributed by atoms with van der Waals surface area (Å²) in [7, 11) is 1.74. The van der Waals surface area contributed by atoms with Gasteiger partial charge in [-0.2, -0.15) is 0 Å². The topological polar surface area (TPSA) is 59.5 Å². The van der Waals surface area contributed by atoms with E-state index in [0.29, 0.717) is 18.4 Å². The van der Waals surface area contributed by atoms with Crippen molar-refractivity contribution in [2.24, 2.45) is 29.6 Å². The molecule has 1 aromatic heterocycles. The van der Waals surface area contributed by atoms with Crippen molar-refractivity contribution < 1.29 is 14.3 Å². The molecule has 4 aliphatic rings. The molecule has 0 unspecified atom stereocenters. The van der Waals surface area contributed by atoms with Crippen LogP contribution < -0.4 is 0 Å². The maximum absolute atomic E-state index is 12.7. The number of ether oxygens (including phenoxy) is 1. The Morgan fingerprint density at radius 2 is 1.79 bits per heavy atom. The van der Waals surface area contributed by atoms with Gasteiger partial charge in [-0.15, -0.1) is 11.3 Å². The summed E-state index contributed by atoms with van der Waals surface area (Å²) in [5, 5.41) is 0.893. The number of rotatable bonds is 5. The fourth-order valence-electron chi connectivity index (χ4n) is 5.93. The van der Waals surface area contributed by atoms with Gasteiger partial charge in [-0.05, 0) is 67.9 Å². The Morgan fingerprint density at radius 1 is 1.11 bits per heavy atom. The van der Waals surface area contributed by atoms with Gasteiger partial charge >= 0.3 is 5.97 Å². The molecule has 6 rings (SSSR count). The van der Waals surface area contributed by atoms with Gasteiger partial charge in [0.2, 0.25) is 0 Å². The van der Waals surface area contributed by atoms with Crippen LogP contribution >= 0.6 is 11.3 Å². The van der Waals surface area contributed by atoms with Crippen LogP contribution in [0.15, 0.2) is 24.3 Å². The molecule has 28 heavy (non-hydrogen) atoms. The molecule has 4 fully saturated rings. The molecule has 0 spiro atoms. The quantitative estimate of drug-likeness (QED) is 0.718. The Balaban J connectivity index is 1.16. The van der Waals surface area contributed by atoms with E-state index < -0.39 is 0 Å². The average Bonchev–Trinajstić information content (AvgIpc) is 3.07. The average molecular weight is 399 g/mol. The molecule has 0 N–H and O–H groups in total. The minimum atomic E-state index is -0.170. The van der Waals surface area contributed by atoms with Crippen LogP contribution in [-0.4, -0.2) is 35.4 Å². The summed E-state index contributed by atoms with van der Waals surface area (Å²) in [5.74, 6) is 2.34. The van der Waals surface area contributed by atoms with Crippen LogP contribution in [0.1, 0.15) is 37.1 Å². The van der Waals surface area contributed by atoms with Crippen molar-refractivity contribution in [3.05, 3.63) is 29.3 Å². The molecule has 4 saturated carbocycles. The van der Waals surface area contributed by atoms with E-state index in [9.17, 15) is 9.59 Å². The number of benzene rings is 1. The summed E-state index contributed by atoms with van der Waals surface area (Å²) in [6.07, 6.45) is 6.08. The monoisotopic (exact) mass is 398 g/mol. The molecule has 0 radical (unpaired) electrons. The first kappa shape index (κ1) is 18.1. The van der Waals surface area contributed by atoms with Gasteiger partial charge in [0.15, 0.2) is 6.61 Å². The smallest absolute Gasteiger partial charge is 0.310 e. The lowest BCUT2D eigenvalue weighted by atomic mass is 9.52. The van der Waals surface area contributed by atoms with Crippen molar-refractivity contribution in [2.75, 3.05) is 13.7 Å². The molecule has 148 valence electrons. The third-order valence-electron chi connectivity index (χ3n) is 6.97. The number of esters is 1. The fraction of sp³-hybridized carbons (Fsp3) is 0.591. The Morgan fingerprint density at radius 3 is 2.46 bits per heavy atom. The van der Waals surface area contributed by atoms with Gasteiger partial charge in [0.1, 0.15) is 5.01 Å². The van der Waals surface area contributed by atoms with E-state index in [2.05, 4.69) is 4.98 Å². The van der Waals surface area contributed by atoms with Crippen LogP contribution in [-0.2, 0) is 20.9 Å². The predicted octanol–water partition coefficient (Wildman–Crippen LogP) is 3.87. The summed E-state index contributed by atoms with van der Waals surface area (Å²) < 4.78 is 6.62. The SMILES string of the molecule is CN(Cc1nc2ccccc2s1)C(=O)COC(=O)C1C2CC3CC(C2)CC1C3. The molecule has 2 aromatic rings. The normalized spacial score (nSPS) is 30.5. The Bertz CT molecular complexity index is 847. The number of carbonyl (C=O) groups is 2. The second-order valence-corrected chi connectivity index (χ2v) is 10.0. The molecule has 4 aliphatic carbocycles. The minimum absolute atomic E-state index is 0.0233. The van der Waals surface area contributed by atoms with Gasteiger partial charge in [0.05, 0.1) is 22.7 Å². The number of aromatic nitrogens is 1. The highest BCUT2D eigenvalue weighted by Gasteiger charge is 2.51. The molecule has 6 heteroatoms. The zero-order valence-electron chi connectivity index (χ0n) is 16.2. The predicted molar refractivity (Wildman–Crippen MR) is 108 cm³/mol. The number of fused-ring (bicyclic) bond motifs is 1. The van der Waals surface area contributed by atoms with Crippen molar-refractivity contribution in [1.29, 1.82) is 0 Å².